The zero-order valence-corrected chi connectivity index (χ0v) is 13.3. The van der Waals surface area contributed by atoms with E-state index in [1.807, 2.05) is 48.1 Å². The standard InChI is InChI=1S/C15H17N5OS/c1-11-13(10-20(18-11)12-6-4-3-5-7-12)16-15-17-14(19-22-15)8-9-21-2/h3-7,10H,8-9H2,1-2H3,(H,16,17,19). The molecule has 0 aliphatic carbocycles. The van der Waals surface area contributed by atoms with Gasteiger partial charge >= 0.3 is 0 Å². The summed E-state index contributed by atoms with van der Waals surface area (Å²) in [7, 11) is 1.67. The van der Waals surface area contributed by atoms with Crippen molar-refractivity contribution >= 4 is 22.4 Å². The number of hydrogen-bond donors (Lipinski definition) is 1. The van der Waals surface area contributed by atoms with Crippen LogP contribution in [0.3, 0.4) is 0 Å². The first kappa shape index (κ1) is 14.7. The van der Waals surface area contributed by atoms with Gasteiger partial charge in [0.15, 0.2) is 0 Å². The maximum Gasteiger partial charge on any atom is 0.207 e. The van der Waals surface area contributed by atoms with Crippen LogP contribution < -0.4 is 5.32 Å². The quantitative estimate of drug-likeness (QED) is 0.757. The number of ether oxygens (including phenoxy) is 1. The van der Waals surface area contributed by atoms with Gasteiger partial charge in [0.2, 0.25) is 5.13 Å². The van der Waals surface area contributed by atoms with E-state index in [4.69, 9.17) is 4.74 Å². The molecular weight excluding hydrogens is 298 g/mol. The van der Waals surface area contributed by atoms with Crippen LogP contribution in [0.1, 0.15) is 11.5 Å². The Bertz CT molecular complexity index is 737. The zero-order valence-electron chi connectivity index (χ0n) is 12.5. The van der Waals surface area contributed by atoms with Crippen molar-refractivity contribution in [2.75, 3.05) is 19.0 Å². The lowest BCUT2D eigenvalue weighted by molar-refractivity contribution is 0.201. The molecule has 0 fully saturated rings. The summed E-state index contributed by atoms with van der Waals surface area (Å²) in [6.07, 6.45) is 2.68. The fourth-order valence-corrected chi connectivity index (χ4v) is 2.64. The molecule has 2 heterocycles. The van der Waals surface area contributed by atoms with Crippen LogP contribution in [0, 0.1) is 6.92 Å². The topological polar surface area (TPSA) is 64.9 Å². The summed E-state index contributed by atoms with van der Waals surface area (Å²) in [6.45, 7) is 2.59. The highest BCUT2D eigenvalue weighted by atomic mass is 32.1. The van der Waals surface area contributed by atoms with Crippen LogP contribution in [0.25, 0.3) is 5.69 Å². The molecule has 1 aromatic carbocycles. The molecule has 3 rings (SSSR count). The molecule has 0 spiro atoms. The van der Waals surface area contributed by atoms with E-state index in [1.54, 1.807) is 7.11 Å². The Hall–Kier alpha value is -2.25. The Morgan fingerprint density at radius 1 is 1.27 bits per heavy atom. The average molecular weight is 315 g/mol. The Labute approximate surface area is 132 Å². The van der Waals surface area contributed by atoms with Gasteiger partial charge < -0.3 is 10.1 Å². The molecule has 0 aliphatic rings. The lowest BCUT2D eigenvalue weighted by atomic mass is 10.3. The molecular formula is C15H17N5OS. The van der Waals surface area contributed by atoms with Gasteiger partial charge in [-0.05, 0) is 19.1 Å². The number of methoxy groups -OCH3 is 1. The van der Waals surface area contributed by atoms with Gasteiger partial charge in [-0.15, -0.1) is 0 Å². The number of benzene rings is 1. The second-order valence-corrected chi connectivity index (χ2v) is 5.54. The normalized spacial score (nSPS) is 10.8. The molecule has 22 heavy (non-hydrogen) atoms. The summed E-state index contributed by atoms with van der Waals surface area (Å²) < 4.78 is 11.2. The minimum atomic E-state index is 0.626. The van der Waals surface area contributed by atoms with Crippen molar-refractivity contribution < 1.29 is 4.74 Å². The number of nitrogens with zero attached hydrogens (tertiary/aromatic N) is 4. The van der Waals surface area contributed by atoms with Crippen LogP contribution in [0.4, 0.5) is 10.8 Å². The molecule has 3 aromatic rings. The molecule has 7 heteroatoms. The summed E-state index contributed by atoms with van der Waals surface area (Å²) in [6, 6.07) is 10.0. The van der Waals surface area contributed by atoms with Gasteiger partial charge in [0, 0.05) is 25.1 Å². The van der Waals surface area contributed by atoms with E-state index in [2.05, 4.69) is 19.8 Å². The fraction of sp³-hybridized carbons (Fsp3) is 0.267. The first-order valence-electron chi connectivity index (χ1n) is 6.96. The maximum atomic E-state index is 5.04. The Balaban J connectivity index is 1.75. The van der Waals surface area contributed by atoms with Gasteiger partial charge in [-0.1, -0.05) is 18.2 Å². The van der Waals surface area contributed by atoms with Crippen molar-refractivity contribution in [3.63, 3.8) is 0 Å². The number of para-hydroxylation sites is 1. The number of aryl methyl sites for hydroxylation is 1. The summed E-state index contributed by atoms with van der Waals surface area (Å²) in [5, 5.41) is 8.57. The highest BCUT2D eigenvalue weighted by Gasteiger charge is 2.09. The van der Waals surface area contributed by atoms with Crippen molar-refractivity contribution in [3.8, 4) is 5.69 Å². The molecule has 0 saturated heterocycles. The lowest BCUT2D eigenvalue weighted by Crippen LogP contribution is -1.97. The Kier molecular flexibility index (Phi) is 4.45. The van der Waals surface area contributed by atoms with Crippen molar-refractivity contribution in [1.29, 1.82) is 0 Å². The highest BCUT2D eigenvalue weighted by molar-refractivity contribution is 7.09. The van der Waals surface area contributed by atoms with Gasteiger partial charge in [0.05, 0.1) is 29.9 Å². The second-order valence-electron chi connectivity index (χ2n) is 4.79. The van der Waals surface area contributed by atoms with Crippen molar-refractivity contribution in [2.24, 2.45) is 0 Å². The van der Waals surface area contributed by atoms with Gasteiger partial charge in [0.1, 0.15) is 5.82 Å². The van der Waals surface area contributed by atoms with Crippen LogP contribution in [-0.4, -0.2) is 32.9 Å². The van der Waals surface area contributed by atoms with E-state index >= 15 is 0 Å². The molecule has 0 atom stereocenters. The van der Waals surface area contributed by atoms with Crippen LogP contribution in [0.5, 0.6) is 0 Å². The number of aromatic nitrogens is 4. The van der Waals surface area contributed by atoms with E-state index < -0.39 is 0 Å². The molecule has 0 amide bonds. The van der Waals surface area contributed by atoms with E-state index in [9.17, 15) is 0 Å². The van der Waals surface area contributed by atoms with E-state index in [-0.39, 0.29) is 0 Å². The number of anilines is 2. The summed E-state index contributed by atoms with van der Waals surface area (Å²) in [5.41, 5.74) is 2.87. The number of rotatable bonds is 6. The predicted molar refractivity (Wildman–Crippen MR) is 87.1 cm³/mol. The van der Waals surface area contributed by atoms with Crippen LogP contribution >= 0.6 is 11.5 Å². The molecule has 114 valence electrons. The molecule has 0 unspecified atom stereocenters. The smallest absolute Gasteiger partial charge is 0.207 e. The lowest BCUT2D eigenvalue weighted by Gasteiger charge is -1.99. The van der Waals surface area contributed by atoms with Crippen LogP contribution in [0.15, 0.2) is 36.5 Å². The van der Waals surface area contributed by atoms with Crippen LogP contribution in [-0.2, 0) is 11.2 Å². The van der Waals surface area contributed by atoms with Gasteiger partial charge in [-0.25, -0.2) is 9.67 Å². The van der Waals surface area contributed by atoms with Gasteiger partial charge in [0.25, 0.3) is 0 Å². The largest absolute Gasteiger partial charge is 0.384 e. The average Bonchev–Trinajstić information content (AvgIpc) is 3.14. The molecule has 0 aliphatic heterocycles. The molecule has 0 saturated carbocycles. The zero-order chi connectivity index (χ0) is 15.4. The van der Waals surface area contributed by atoms with Gasteiger partial charge in [-0.2, -0.15) is 9.47 Å². The third-order valence-electron chi connectivity index (χ3n) is 3.16. The minimum absolute atomic E-state index is 0.626. The van der Waals surface area contributed by atoms with Crippen molar-refractivity contribution in [1.82, 2.24) is 19.1 Å². The second kappa shape index (κ2) is 6.67. The number of hydrogen-bond acceptors (Lipinski definition) is 6. The first-order chi connectivity index (χ1) is 10.8. The molecule has 0 bridgehead atoms. The molecule has 1 N–H and O–H groups in total. The molecule has 6 nitrogen and oxygen atoms in total. The maximum absolute atomic E-state index is 5.04. The first-order valence-corrected chi connectivity index (χ1v) is 7.74. The fourth-order valence-electron chi connectivity index (χ4n) is 2.01. The third kappa shape index (κ3) is 3.32. The Morgan fingerprint density at radius 2 is 2.09 bits per heavy atom. The number of nitrogens with one attached hydrogen (secondary N) is 1. The van der Waals surface area contributed by atoms with E-state index in [0.29, 0.717) is 6.61 Å². The van der Waals surface area contributed by atoms with Crippen molar-refractivity contribution in [2.45, 2.75) is 13.3 Å². The Morgan fingerprint density at radius 3 is 2.86 bits per heavy atom. The third-order valence-corrected chi connectivity index (χ3v) is 3.83. The predicted octanol–water partition coefficient (Wildman–Crippen LogP) is 2.96. The minimum Gasteiger partial charge on any atom is -0.384 e. The molecule has 2 aromatic heterocycles. The summed E-state index contributed by atoms with van der Waals surface area (Å²) in [4.78, 5) is 4.45. The summed E-state index contributed by atoms with van der Waals surface area (Å²) in [5.74, 6) is 0.794. The monoisotopic (exact) mass is 315 g/mol. The van der Waals surface area contributed by atoms with Crippen LogP contribution in [0.2, 0.25) is 0 Å². The SMILES string of the molecule is COCCc1nsc(Nc2cn(-c3ccccc3)nc2C)n1. The van der Waals surface area contributed by atoms with Gasteiger partial charge in [-0.3, -0.25) is 0 Å². The summed E-state index contributed by atoms with van der Waals surface area (Å²) >= 11 is 1.34. The highest BCUT2D eigenvalue weighted by Crippen LogP contribution is 2.22. The van der Waals surface area contributed by atoms with E-state index in [0.717, 1.165) is 34.4 Å². The molecule has 0 radical (unpaired) electrons. The van der Waals surface area contributed by atoms with Crippen molar-refractivity contribution in [3.05, 3.63) is 48.0 Å². The van der Waals surface area contributed by atoms with E-state index in [1.165, 1.54) is 11.5 Å².